The molecule has 0 fully saturated rings. The van der Waals surface area contributed by atoms with Crippen LogP contribution in [-0.4, -0.2) is 15.7 Å². The lowest BCUT2D eigenvalue weighted by molar-refractivity contribution is 0.102. The van der Waals surface area contributed by atoms with E-state index in [1.54, 1.807) is 4.68 Å². The molecule has 0 saturated carbocycles. The molecule has 1 heterocycles. The Morgan fingerprint density at radius 3 is 2.42 bits per heavy atom. The zero-order valence-electron chi connectivity index (χ0n) is 12.0. The lowest BCUT2D eigenvalue weighted by atomic mass is 10.1. The van der Waals surface area contributed by atoms with E-state index in [4.69, 9.17) is 0 Å². The van der Waals surface area contributed by atoms with Gasteiger partial charge in [-0.15, -0.1) is 0 Å². The molecule has 19 heavy (non-hydrogen) atoms. The van der Waals surface area contributed by atoms with E-state index in [2.05, 4.69) is 10.4 Å². The molecule has 1 aromatic heterocycles. The van der Waals surface area contributed by atoms with E-state index in [9.17, 15) is 4.79 Å². The summed E-state index contributed by atoms with van der Waals surface area (Å²) in [5.41, 5.74) is 5.42. The van der Waals surface area contributed by atoms with Crippen molar-refractivity contribution >= 4 is 11.6 Å². The van der Waals surface area contributed by atoms with Gasteiger partial charge in [-0.1, -0.05) is 17.7 Å². The quantitative estimate of drug-likeness (QED) is 0.899. The highest BCUT2D eigenvalue weighted by Crippen LogP contribution is 2.20. The van der Waals surface area contributed by atoms with E-state index in [1.807, 2.05) is 52.9 Å². The molecule has 0 spiro atoms. The third-order valence-corrected chi connectivity index (χ3v) is 3.37. The zero-order valence-corrected chi connectivity index (χ0v) is 12.0. The van der Waals surface area contributed by atoms with Gasteiger partial charge >= 0.3 is 0 Å². The number of aryl methyl sites for hydroxylation is 4. The minimum Gasteiger partial charge on any atom is -0.319 e. The van der Waals surface area contributed by atoms with E-state index in [0.717, 1.165) is 28.2 Å². The molecule has 2 rings (SSSR count). The van der Waals surface area contributed by atoms with Crippen LogP contribution in [0, 0.1) is 27.7 Å². The summed E-state index contributed by atoms with van der Waals surface area (Å²) in [5, 5.41) is 7.25. The van der Waals surface area contributed by atoms with Gasteiger partial charge in [0, 0.05) is 12.6 Å². The van der Waals surface area contributed by atoms with E-state index >= 15 is 0 Å². The van der Waals surface area contributed by atoms with Crippen LogP contribution in [0.4, 0.5) is 5.69 Å². The molecule has 1 aromatic carbocycles. The van der Waals surface area contributed by atoms with E-state index in [1.165, 1.54) is 0 Å². The third kappa shape index (κ3) is 2.52. The van der Waals surface area contributed by atoms with Gasteiger partial charge in [0.25, 0.3) is 5.91 Å². The largest absolute Gasteiger partial charge is 0.319 e. The molecule has 2 aromatic rings. The van der Waals surface area contributed by atoms with Crippen LogP contribution in [0.1, 0.15) is 32.9 Å². The Morgan fingerprint density at radius 1 is 1.21 bits per heavy atom. The zero-order chi connectivity index (χ0) is 14.2. The van der Waals surface area contributed by atoms with Crippen LogP contribution in [0.15, 0.2) is 18.2 Å². The van der Waals surface area contributed by atoms with Crippen molar-refractivity contribution in [3.05, 3.63) is 46.3 Å². The Labute approximate surface area is 113 Å². The summed E-state index contributed by atoms with van der Waals surface area (Å²) in [5.74, 6) is -0.0864. The predicted molar refractivity (Wildman–Crippen MR) is 76.6 cm³/mol. The van der Waals surface area contributed by atoms with Gasteiger partial charge in [-0.3, -0.25) is 9.48 Å². The van der Waals surface area contributed by atoms with Gasteiger partial charge in [0.2, 0.25) is 0 Å². The number of amides is 1. The monoisotopic (exact) mass is 257 g/mol. The Bertz CT molecular complexity index is 641. The first kappa shape index (κ1) is 13.3. The molecule has 0 bridgehead atoms. The molecule has 100 valence electrons. The molecule has 0 unspecified atom stereocenters. The molecule has 0 aliphatic carbocycles. The maximum atomic E-state index is 12.3. The van der Waals surface area contributed by atoms with Gasteiger partial charge in [0.05, 0.1) is 17.1 Å². The van der Waals surface area contributed by atoms with Crippen LogP contribution in [0.3, 0.4) is 0 Å². The molecule has 1 N–H and O–H groups in total. The Hall–Kier alpha value is -2.10. The average Bonchev–Trinajstić information content (AvgIpc) is 2.56. The molecule has 0 saturated heterocycles. The molecule has 0 aliphatic heterocycles. The molecule has 4 nitrogen and oxygen atoms in total. The topological polar surface area (TPSA) is 46.9 Å². The predicted octanol–water partition coefficient (Wildman–Crippen LogP) is 2.91. The smallest absolute Gasteiger partial charge is 0.256 e. The first-order valence-corrected chi connectivity index (χ1v) is 6.29. The number of anilines is 1. The van der Waals surface area contributed by atoms with Gasteiger partial charge < -0.3 is 5.32 Å². The maximum absolute atomic E-state index is 12.3. The molecule has 0 aliphatic rings. The lowest BCUT2D eigenvalue weighted by Gasteiger charge is -2.08. The number of hydrogen-bond acceptors (Lipinski definition) is 2. The van der Waals surface area contributed by atoms with Crippen molar-refractivity contribution in [1.29, 1.82) is 0 Å². The number of carbonyl (C=O) groups excluding carboxylic acids is 1. The second-order valence-corrected chi connectivity index (χ2v) is 4.94. The first-order valence-electron chi connectivity index (χ1n) is 6.29. The Morgan fingerprint density at radius 2 is 1.89 bits per heavy atom. The number of aromatic nitrogens is 2. The standard InChI is InChI=1S/C15H19N3O/c1-9-6-7-13(10(2)8-9)15(19)16-14-11(3)17-18(5)12(14)4/h6-8H,1-5H3,(H,16,19). The SMILES string of the molecule is Cc1ccc(C(=O)Nc2c(C)nn(C)c2C)c(C)c1. The van der Waals surface area contributed by atoms with Gasteiger partial charge in [0.1, 0.15) is 0 Å². The van der Waals surface area contributed by atoms with Crippen LogP contribution in [0.25, 0.3) is 0 Å². The third-order valence-electron chi connectivity index (χ3n) is 3.37. The summed E-state index contributed by atoms with van der Waals surface area (Å²) < 4.78 is 1.77. The highest BCUT2D eigenvalue weighted by atomic mass is 16.1. The first-order chi connectivity index (χ1) is 8.90. The van der Waals surface area contributed by atoms with Crippen LogP contribution < -0.4 is 5.32 Å². The second-order valence-electron chi connectivity index (χ2n) is 4.94. The van der Waals surface area contributed by atoms with Gasteiger partial charge in [0.15, 0.2) is 0 Å². The number of nitrogens with one attached hydrogen (secondary N) is 1. The summed E-state index contributed by atoms with van der Waals surface area (Å²) in [6, 6.07) is 5.82. The Balaban J connectivity index is 2.31. The number of nitrogens with zero attached hydrogens (tertiary/aromatic N) is 2. The Kier molecular flexibility index (Phi) is 3.42. The van der Waals surface area contributed by atoms with E-state index in [0.29, 0.717) is 5.56 Å². The second kappa shape index (κ2) is 4.88. The molecule has 0 atom stereocenters. The van der Waals surface area contributed by atoms with Crippen molar-refractivity contribution in [2.45, 2.75) is 27.7 Å². The molecule has 1 amide bonds. The van der Waals surface area contributed by atoms with Crippen molar-refractivity contribution in [2.24, 2.45) is 7.05 Å². The summed E-state index contributed by atoms with van der Waals surface area (Å²) >= 11 is 0. The molecular formula is C15H19N3O. The van der Waals surface area contributed by atoms with Crippen molar-refractivity contribution in [1.82, 2.24) is 9.78 Å². The fourth-order valence-electron chi connectivity index (χ4n) is 2.20. The van der Waals surface area contributed by atoms with Crippen molar-refractivity contribution in [2.75, 3.05) is 5.32 Å². The summed E-state index contributed by atoms with van der Waals surface area (Å²) in [4.78, 5) is 12.3. The number of benzene rings is 1. The van der Waals surface area contributed by atoms with Crippen LogP contribution in [0.5, 0.6) is 0 Å². The van der Waals surface area contributed by atoms with Crippen LogP contribution in [0.2, 0.25) is 0 Å². The maximum Gasteiger partial charge on any atom is 0.256 e. The van der Waals surface area contributed by atoms with Gasteiger partial charge in [-0.25, -0.2) is 0 Å². The highest BCUT2D eigenvalue weighted by Gasteiger charge is 2.15. The average molecular weight is 257 g/mol. The van der Waals surface area contributed by atoms with Crippen LogP contribution in [-0.2, 0) is 7.05 Å². The van der Waals surface area contributed by atoms with Crippen LogP contribution >= 0.6 is 0 Å². The van der Waals surface area contributed by atoms with Gasteiger partial charge in [-0.2, -0.15) is 5.10 Å². The molecular weight excluding hydrogens is 238 g/mol. The summed E-state index contributed by atoms with van der Waals surface area (Å²) in [6.45, 7) is 7.80. The number of hydrogen-bond donors (Lipinski definition) is 1. The summed E-state index contributed by atoms with van der Waals surface area (Å²) in [7, 11) is 1.87. The normalized spacial score (nSPS) is 10.6. The highest BCUT2D eigenvalue weighted by molar-refractivity contribution is 6.05. The minimum atomic E-state index is -0.0864. The van der Waals surface area contributed by atoms with Crippen molar-refractivity contribution in [3.8, 4) is 0 Å². The fourth-order valence-corrected chi connectivity index (χ4v) is 2.20. The fraction of sp³-hybridized carbons (Fsp3) is 0.333. The van der Waals surface area contributed by atoms with E-state index in [-0.39, 0.29) is 5.91 Å². The number of carbonyl (C=O) groups is 1. The van der Waals surface area contributed by atoms with Crippen molar-refractivity contribution < 1.29 is 4.79 Å². The van der Waals surface area contributed by atoms with E-state index < -0.39 is 0 Å². The number of rotatable bonds is 2. The summed E-state index contributed by atoms with van der Waals surface area (Å²) in [6.07, 6.45) is 0. The van der Waals surface area contributed by atoms with Crippen molar-refractivity contribution in [3.63, 3.8) is 0 Å². The minimum absolute atomic E-state index is 0.0864. The molecule has 4 heteroatoms. The van der Waals surface area contributed by atoms with Gasteiger partial charge in [-0.05, 0) is 39.3 Å². The molecule has 0 radical (unpaired) electrons. The lowest BCUT2D eigenvalue weighted by Crippen LogP contribution is -2.14.